The van der Waals surface area contributed by atoms with E-state index in [-0.39, 0.29) is 17.0 Å². The molecule has 0 atom stereocenters. The molecule has 23 heavy (non-hydrogen) atoms. The monoisotopic (exact) mass is 331 g/mol. The molecule has 4 saturated carbocycles. The van der Waals surface area contributed by atoms with Crippen molar-refractivity contribution < 1.29 is 27.8 Å². The van der Waals surface area contributed by atoms with Crippen LogP contribution in [0.2, 0.25) is 0 Å². The van der Waals surface area contributed by atoms with Crippen LogP contribution in [0.3, 0.4) is 0 Å². The molecule has 9 heteroatoms. The molecule has 2 N–H and O–H groups in total. The summed E-state index contributed by atoms with van der Waals surface area (Å²) in [6.45, 7) is 0. The van der Waals surface area contributed by atoms with Crippen molar-refractivity contribution in [3.8, 4) is 0 Å². The van der Waals surface area contributed by atoms with Crippen LogP contribution in [0.1, 0.15) is 43.8 Å². The molecule has 0 unspecified atom stereocenters. The second kappa shape index (κ2) is 4.40. The van der Waals surface area contributed by atoms with Crippen molar-refractivity contribution in [2.75, 3.05) is 0 Å². The Morgan fingerprint density at radius 1 is 1.39 bits per heavy atom. The molecule has 126 valence electrons. The van der Waals surface area contributed by atoms with E-state index in [1.54, 1.807) is 6.33 Å². The summed E-state index contributed by atoms with van der Waals surface area (Å²) in [5.74, 6) is 0. The van der Waals surface area contributed by atoms with Gasteiger partial charge in [-0.05, 0) is 32.1 Å². The Balaban J connectivity index is 1.33. The van der Waals surface area contributed by atoms with E-state index in [9.17, 15) is 18.0 Å². The molecule has 5 rings (SSSR count). The first-order chi connectivity index (χ1) is 10.7. The molecule has 0 spiro atoms. The number of alkyl halides is 3. The number of rotatable bonds is 4. The number of aromatic nitrogens is 2. The maximum absolute atomic E-state index is 12.1. The van der Waals surface area contributed by atoms with Crippen molar-refractivity contribution >= 4 is 6.09 Å². The molecule has 0 radical (unpaired) electrons. The highest BCUT2D eigenvalue weighted by Crippen LogP contribution is 2.67. The molecule has 6 nitrogen and oxygen atoms in total. The van der Waals surface area contributed by atoms with Gasteiger partial charge in [0, 0.05) is 23.2 Å². The van der Waals surface area contributed by atoms with E-state index in [4.69, 9.17) is 5.11 Å². The lowest BCUT2D eigenvalue weighted by molar-refractivity contribution is -0.353. The summed E-state index contributed by atoms with van der Waals surface area (Å²) in [5.41, 5.74) is 0.559. The Hall–Kier alpha value is -1.77. The molecule has 1 amide bonds. The lowest BCUT2D eigenvalue weighted by atomic mass is 9.38. The van der Waals surface area contributed by atoms with Gasteiger partial charge in [-0.3, -0.25) is 4.74 Å². The number of amides is 1. The fourth-order valence-corrected chi connectivity index (χ4v) is 4.30. The average molecular weight is 331 g/mol. The number of carboxylic acid groups (broad SMARTS) is 1. The van der Waals surface area contributed by atoms with Crippen LogP contribution in [-0.4, -0.2) is 38.8 Å². The Morgan fingerprint density at radius 2 is 2.04 bits per heavy atom. The lowest BCUT2D eigenvalue weighted by Crippen LogP contribution is -2.76. The standard InChI is InChI=1S/C14H16F3N3O3/c15-14(16,17)23-9-1-8(2-9)20-3-10(18-7-20)12-4-13(5-12,6-12)19-11(21)22/h3,7-9,19H,1-2,4-6H2,(H,21,22)/t8-,9+,12?,13?. The van der Waals surface area contributed by atoms with Crippen molar-refractivity contribution in [1.29, 1.82) is 0 Å². The minimum absolute atomic E-state index is 0.0120. The molecule has 4 aliphatic carbocycles. The summed E-state index contributed by atoms with van der Waals surface area (Å²) >= 11 is 0. The van der Waals surface area contributed by atoms with E-state index in [1.807, 2.05) is 10.8 Å². The summed E-state index contributed by atoms with van der Waals surface area (Å²) in [6, 6.07) is -0.0120. The van der Waals surface area contributed by atoms with Crippen LogP contribution in [0, 0.1) is 0 Å². The number of hydrogen-bond acceptors (Lipinski definition) is 3. The Bertz CT molecular complexity index is 631. The first-order valence-corrected chi connectivity index (χ1v) is 7.48. The zero-order valence-corrected chi connectivity index (χ0v) is 12.1. The van der Waals surface area contributed by atoms with Gasteiger partial charge in [-0.1, -0.05) is 0 Å². The number of imidazole rings is 1. The van der Waals surface area contributed by atoms with Gasteiger partial charge in [0.25, 0.3) is 0 Å². The zero-order chi connectivity index (χ0) is 16.5. The van der Waals surface area contributed by atoms with Gasteiger partial charge >= 0.3 is 12.5 Å². The Labute approximate surface area is 129 Å². The Kier molecular flexibility index (Phi) is 2.83. The predicted octanol–water partition coefficient (Wildman–Crippen LogP) is 2.56. The minimum atomic E-state index is -4.58. The molecular formula is C14H16F3N3O3. The molecule has 4 fully saturated rings. The van der Waals surface area contributed by atoms with Crippen LogP contribution in [0.5, 0.6) is 0 Å². The van der Waals surface area contributed by atoms with Gasteiger partial charge in [-0.15, -0.1) is 13.2 Å². The molecule has 1 aromatic rings. The topological polar surface area (TPSA) is 76.4 Å². The van der Waals surface area contributed by atoms with Gasteiger partial charge in [0.2, 0.25) is 0 Å². The summed E-state index contributed by atoms with van der Waals surface area (Å²) in [4.78, 5) is 15.1. The molecule has 2 bridgehead atoms. The van der Waals surface area contributed by atoms with Gasteiger partial charge in [0.15, 0.2) is 0 Å². The maximum atomic E-state index is 12.1. The number of halogens is 3. The number of hydrogen-bond donors (Lipinski definition) is 2. The lowest BCUT2D eigenvalue weighted by Gasteiger charge is -2.69. The van der Waals surface area contributed by atoms with Gasteiger partial charge in [-0.2, -0.15) is 0 Å². The molecule has 1 aromatic heterocycles. The third kappa shape index (κ3) is 2.37. The van der Waals surface area contributed by atoms with Crippen molar-refractivity contribution in [3.63, 3.8) is 0 Å². The van der Waals surface area contributed by atoms with Crippen molar-refractivity contribution in [3.05, 3.63) is 18.2 Å². The minimum Gasteiger partial charge on any atom is -0.465 e. The van der Waals surface area contributed by atoms with Crippen molar-refractivity contribution in [2.24, 2.45) is 0 Å². The number of nitrogens with zero attached hydrogens (tertiary/aromatic N) is 2. The van der Waals surface area contributed by atoms with Gasteiger partial charge < -0.3 is 15.0 Å². The number of nitrogens with one attached hydrogen (secondary N) is 1. The third-order valence-corrected chi connectivity index (χ3v) is 5.34. The molecule has 0 saturated heterocycles. The predicted molar refractivity (Wildman–Crippen MR) is 70.8 cm³/mol. The highest BCUT2D eigenvalue weighted by atomic mass is 19.4. The maximum Gasteiger partial charge on any atom is 0.522 e. The first kappa shape index (κ1) is 14.8. The smallest absolute Gasteiger partial charge is 0.465 e. The highest BCUT2D eigenvalue weighted by molar-refractivity contribution is 5.67. The van der Waals surface area contributed by atoms with E-state index in [2.05, 4.69) is 15.0 Å². The average Bonchev–Trinajstić information content (AvgIpc) is 2.73. The second-order valence-corrected chi connectivity index (χ2v) is 7.04. The molecule has 1 heterocycles. The van der Waals surface area contributed by atoms with Gasteiger partial charge in [0.05, 0.1) is 18.1 Å². The Morgan fingerprint density at radius 3 is 2.61 bits per heavy atom. The highest BCUT2D eigenvalue weighted by Gasteiger charge is 2.70. The summed E-state index contributed by atoms with van der Waals surface area (Å²) in [5, 5.41) is 11.3. The fourth-order valence-electron chi connectivity index (χ4n) is 4.30. The first-order valence-electron chi connectivity index (χ1n) is 7.48. The number of carbonyl (C=O) groups is 1. The van der Waals surface area contributed by atoms with E-state index >= 15 is 0 Å². The van der Waals surface area contributed by atoms with Crippen LogP contribution in [-0.2, 0) is 10.2 Å². The second-order valence-electron chi connectivity index (χ2n) is 7.04. The van der Waals surface area contributed by atoms with E-state index in [0.29, 0.717) is 12.8 Å². The van der Waals surface area contributed by atoms with E-state index in [1.165, 1.54) is 0 Å². The van der Waals surface area contributed by atoms with E-state index < -0.39 is 18.6 Å². The molecule has 0 aliphatic heterocycles. The fraction of sp³-hybridized carbons (Fsp3) is 0.714. The molecule has 0 aromatic carbocycles. The van der Waals surface area contributed by atoms with Crippen molar-refractivity contribution in [1.82, 2.24) is 14.9 Å². The van der Waals surface area contributed by atoms with Crippen LogP contribution < -0.4 is 5.32 Å². The summed E-state index contributed by atoms with van der Waals surface area (Å²) < 4.78 is 42.2. The normalized spacial score (nSPS) is 38.2. The third-order valence-electron chi connectivity index (χ3n) is 5.34. The van der Waals surface area contributed by atoms with Crippen LogP contribution >= 0.6 is 0 Å². The molecule has 4 aliphatic rings. The summed E-state index contributed by atoms with van der Waals surface area (Å²) in [7, 11) is 0. The SMILES string of the molecule is O=C(O)NC12CC(c3cn([C@H]4C[C@@H](OC(F)(F)F)C4)cn3)(C1)C2. The van der Waals surface area contributed by atoms with E-state index in [0.717, 1.165) is 25.0 Å². The van der Waals surface area contributed by atoms with Crippen LogP contribution in [0.4, 0.5) is 18.0 Å². The zero-order valence-electron chi connectivity index (χ0n) is 12.1. The van der Waals surface area contributed by atoms with Crippen LogP contribution in [0.15, 0.2) is 12.5 Å². The quantitative estimate of drug-likeness (QED) is 0.889. The van der Waals surface area contributed by atoms with Crippen molar-refractivity contribution in [2.45, 2.75) is 61.6 Å². The van der Waals surface area contributed by atoms with Crippen LogP contribution in [0.25, 0.3) is 0 Å². The van der Waals surface area contributed by atoms with Gasteiger partial charge in [0.1, 0.15) is 0 Å². The molecular weight excluding hydrogens is 315 g/mol. The number of ether oxygens (including phenoxy) is 1. The van der Waals surface area contributed by atoms with Gasteiger partial charge in [-0.25, -0.2) is 9.78 Å². The largest absolute Gasteiger partial charge is 0.522 e. The summed E-state index contributed by atoms with van der Waals surface area (Å²) in [6.07, 6.45) is 0.0693.